The Kier molecular flexibility index (Phi) is 4.61. The molecule has 41 heavy (non-hydrogen) atoms. The second-order valence-corrected chi connectivity index (χ2v) is 10.6. The minimum absolute atomic E-state index is 0.759. The van der Waals surface area contributed by atoms with Gasteiger partial charge in [0.25, 0.3) is 0 Å². The van der Waals surface area contributed by atoms with Crippen LogP contribution in [0.2, 0.25) is 0 Å². The van der Waals surface area contributed by atoms with Crippen molar-refractivity contribution in [3.8, 4) is 50.6 Å². The van der Waals surface area contributed by atoms with E-state index in [1.165, 1.54) is 55.3 Å². The van der Waals surface area contributed by atoms with Gasteiger partial charge in [-0.15, -0.1) is 0 Å². The average Bonchev–Trinajstić information content (AvgIpc) is 3.55. The van der Waals surface area contributed by atoms with Crippen LogP contribution in [-0.4, -0.2) is 14.5 Å². The standard InChI is InChI=1S/C38H23N3/c1-2-9-27(10-3-1)41-34-16-7-6-12-29(34)32-23-26(21-22-35(32)41)24-17-19-25(20-18-24)38-39-33-15-8-14-30-28-11-4-5-13-31(28)37(40-38)36(30)33/h1-23H. The fraction of sp³-hybridized carbons (Fsp3) is 0. The van der Waals surface area contributed by atoms with E-state index in [1.54, 1.807) is 0 Å². The number of benzene rings is 6. The maximum Gasteiger partial charge on any atom is 0.160 e. The van der Waals surface area contributed by atoms with Gasteiger partial charge in [0.2, 0.25) is 0 Å². The van der Waals surface area contributed by atoms with E-state index >= 15 is 0 Å². The lowest BCUT2D eigenvalue weighted by Gasteiger charge is -2.09. The Bertz CT molecular complexity index is 2290. The van der Waals surface area contributed by atoms with Crippen LogP contribution < -0.4 is 0 Å². The van der Waals surface area contributed by atoms with Gasteiger partial charge in [-0.1, -0.05) is 103 Å². The molecule has 0 amide bonds. The second-order valence-electron chi connectivity index (χ2n) is 10.6. The van der Waals surface area contributed by atoms with Crippen molar-refractivity contribution in [2.75, 3.05) is 0 Å². The number of rotatable bonds is 3. The fourth-order valence-corrected chi connectivity index (χ4v) is 6.48. The lowest BCUT2D eigenvalue weighted by molar-refractivity contribution is 1.18. The molecule has 0 spiro atoms. The number of hydrogen-bond acceptors (Lipinski definition) is 2. The molecule has 3 heteroatoms. The molecule has 0 saturated carbocycles. The molecule has 0 N–H and O–H groups in total. The number of aromatic nitrogens is 3. The van der Waals surface area contributed by atoms with E-state index in [1.807, 2.05) is 0 Å². The zero-order valence-electron chi connectivity index (χ0n) is 22.1. The van der Waals surface area contributed by atoms with E-state index < -0.39 is 0 Å². The molecule has 0 atom stereocenters. The lowest BCUT2D eigenvalue weighted by Crippen LogP contribution is -1.93. The summed E-state index contributed by atoms with van der Waals surface area (Å²) in [4.78, 5) is 10.1. The van der Waals surface area contributed by atoms with Crippen molar-refractivity contribution in [3.63, 3.8) is 0 Å². The summed E-state index contributed by atoms with van der Waals surface area (Å²) < 4.78 is 2.35. The molecule has 1 aliphatic rings. The fourth-order valence-electron chi connectivity index (χ4n) is 6.48. The van der Waals surface area contributed by atoms with Crippen molar-refractivity contribution in [1.82, 2.24) is 14.5 Å². The van der Waals surface area contributed by atoms with Gasteiger partial charge in [-0.25, -0.2) is 9.97 Å². The van der Waals surface area contributed by atoms with E-state index in [2.05, 4.69) is 144 Å². The molecule has 9 rings (SSSR count). The van der Waals surface area contributed by atoms with Gasteiger partial charge >= 0.3 is 0 Å². The summed E-state index contributed by atoms with van der Waals surface area (Å²) in [6, 6.07) is 49.5. The van der Waals surface area contributed by atoms with Crippen molar-refractivity contribution in [1.29, 1.82) is 0 Å². The number of nitrogens with zero attached hydrogens (tertiary/aromatic N) is 3. The predicted molar refractivity (Wildman–Crippen MR) is 169 cm³/mol. The zero-order valence-corrected chi connectivity index (χ0v) is 22.1. The summed E-state index contributed by atoms with van der Waals surface area (Å²) in [5.41, 5.74) is 12.6. The molecular formula is C38H23N3. The molecule has 6 aromatic carbocycles. The molecule has 0 aliphatic heterocycles. The third-order valence-corrected chi connectivity index (χ3v) is 8.36. The van der Waals surface area contributed by atoms with Crippen molar-refractivity contribution in [2.45, 2.75) is 0 Å². The van der Waals surface area contributed by atoms with E-state index in [0.29, 0.717) is 0 Å². The summed E-state index contributed by atoms with van der Waals surface area (Å²) in [6.45, 7) is 0. The van der Waals surface area contributed by atoms with Crippen molar-refractivity contribution in [2.24, 2.45) is 0 Å². The summed E-state index contributed by atoms with van der Waals surface area (Å²) in [5.74, 6) is 0.759. The third kappa shape index (κ3) is 3.26. The smallest absolute Gasteiger partial charge is 0.160 e. The molecule has 3 nitrogen and oxygen atoms in total. The average molecular weight is 522 g/mol. The Morgan fingerprint density at radius 1 is 0.439 bits per heavy atom. The molecule has 0 bridgehead atoms. The summed E-state index contributed by atoms with van der Waals surface area (Å²) in [7, 11) is 0. The molecule has 0 unspecified atom stereocenters. The topological polar surface area (TPSA) is 30.7 Å². The summed E-state index contributed by atoms with van der Waals surface area (Å²) in [5, 5.41) is 3.66. The molecular weight excluding hydrogens is 498 g/mol. The first kappa shape index (κ1) is 22.3. The van der Waals surface area contributed by atoms with E-state index in [4.69, 9.17) is 9.97 Å². The molecule has 2 heterocycles. The van der Waals surface area contributed by atoms with Crippen LogP contribution in [0, 0.1) is 0 Å². The SMILES string of the molecule is c1ccc(-n2c3ccccc3c3cc(-c4ccc(-c5nc6c7c(cccc7n5)-c5ccccc5-6)cc4)ccc32)cc1. The van der Waals surface area contributed by atoms with Crippen molar-refractivity contribution < 1.29 is 0 Å². The van der Waals surface area contributed by atoms with Gasteiger partial charge in [0.1, 0.15) is 0 Å². The van der Waals surface area contributed by atoms with Gasteiger partial charge in [-0.05, 0) is 58.7 Å². The molecule has 0 radical (unpaired) electrons. The maximum atomic E-state index is 5.08. The quantitative estimate of drug-likeness (QED) is 0.232. The van der Waals surface area contributed by atoms with Gasteiger partial charge in [-0.2, -0.15) is 0 Å². The summed E-state index contributed by atoms with van der Waals surface area (Å²) in [6.07, 6.45) is 0. The van der Waals surface area contributed by atoms with Crippen LogP contribution in [-0.2, 0) is 0 Å². The maximum absolute atomic E-state index is 5.08. The predicted octanol–water partition coefficient (Wildman–Crippen LogP) is 9.71. The largest absolute Gasteiger partial charge is 0.309 e. The van der Waals surface area contributed by atoms with Gasteiger partial charge < -0.3 is 4.57 Å². The highest BCUT2D eigenvalue weighted by molar-refractivity contribution is 6.13. The normalized spacial score (nSPS) is 11.9. The number of para-hydroxylation sites is 2. The van der Waals surface area contributed by atoms with Crippen LogP contribution in [0.15, 0.2) is 140 Å². The number of fused-ring (bicyclic) bond motifs is 6. The second kappa shape index (κ2) is 8.48. The van der Waals surface area contributed by atoms with Crippen LogP contribution in [0.4, 0.5) is 0 Å². The number of hydrogen-bond donors (Lipinski definition) is 0. The first-order chi connectivity index (χ1) is 20.3. The first-order valence-electron chi connectivity index (χ1n) is 13.9. The Balaban J connectivity index is 1.15. The van der Waals surface area contributed by atoms with Crippen LogP contribution in [0.1, 0.15) is 0 Å². The monoisotopic (exact) mass is 521 g/mol. The van der Waals surface area contributed by atoms with Crippen LogP contribution in [0.3, 0.4) is 0 Å². The Morgan fingerprint density at radius 2 is 1.12 bits per heavy atom. The zero-order chi connectivity index (χ0) is 26.9. The van der Waals surface area contributed by atoms with Gasteiger partial charge in [0.15, 0.2) is 5.82 Å². The van der Waals surface area contributed by atoms with E-state index in [0.717, 1.165) is 28.0 Å². The molecule has 1 aliphatic carbocycles. The first-order valence-corrected chi connectivity index (χ1v) is 13.9. The van der Waals surface area contributed by atoms with Crippen LogP contribution in [0.25, 0.3) is 83.3 Å². The highest BCUT2D eigenvalue weighted by atomic mass is 15.0. The Morgan fingerprint density at radius 3 is 2.00 bits per heavy atom. The van der Waals surface area contributed by atoms with Gasteiger partial charge in [0.05, 0.1) is 22.2 Å². The van der Waals surface area contributed by atoms with Crippen molar-refractivity contribution in [3.05, 3.63) is 140 Å². The van der Waals surface area contributed by atoms with Gasteiger partial charge in [0, 0.05) is 33.0 Å². The third-order valence-electron chi connectivity index (χ3n) is 8.36. The lowest BCUT2D eigenvalue weighted by atomic mass is 10.0. The minimum Gasteiger partial charge on any atom is -0.309 e. The van der Waals surface area contributed by atoms with Crippen molar-refractivity contribution >= 4 is 32.7 Å². The molecule has 2 aromatic heterocycles. The summed E-state index contributed by atoms with van der Waals surface area (Å²) >= 11 is 0. The van der Waals surface area contributed by atoms with Crippen LogP contribution in [0.5, 0.6) is 0 Å². The highest BCUT2D eigenvalue weighted by Gasteiger charge is 2.24. The Labute approximate surface area is 237 Å². The van der Waals surface area contributed by atoms with Crippen LogP contribution >= 0.6 is 0 Å². The molecule has 0 saturated heterocycles. The van der Waals surface area contributed by atoms with E-state index in [9.17, 15) is 0 Å². The molecule has 8 aromatic rings. The highest BCUT2D eigenvalue weighted by Crippen LogP contribution is 2.46. The molecule has 0 fully saturated rings. The van der Waals surface area contributed by atoms with Gasteiger partial charge in [-0.3, -0.25) is 0 Å². The molecule has 190 valence electrons. The van der Waals surface area contributed by atoms with E-state index in [-0.39, 0.29) is 0 Å². The Hall–Kier alpha value is -5.54. The minimum atomic E-state index is 0.759.